The number of Topliss-reactive ketones (excluding diaryl/α,β-unsaturated/α-hetero) is 1. The van der Waals surface area contributed by atoms with Crippen molar-refractivity contribution in [2.75, 3.05) is 26.2 Å². The molecule has 2 heteroatoms. The number of carbonyl (C=O) groups is 1. The Morgan fingerprint density at radius 1 is 0.500 bits per heavy atom. The molecular formula is C30H62NO+. The number of rotatable bonds is 23. The Labute approximate surface area is 203 Å². The van der Waals surface area contributed by atoms with Crippen LogP contribution in [-0.2, 0) is 4.79 Å². The summed E-state index contributed by atoms with van der Waals surface area (Å²) in [6.07, 6.45) is 24.2. The summed E-state index contributed by atoms with van der Waals surface area (Å²) in [4.78, 5) is 13.2. The summed E-state index contributed by atoms with van der Waals surface area (Å²) in [6, 6.07) is 0. The molecule has 0 radical (unpaired) electrons. The molecule has 0 saturated heterocycles. The summed E-state index contributed by atoms with van der Waals surface area (Å²) in [5.41, 5.74) is -0.215. The lowest BCUT2D eigenvalue weighted by atomic mass is 9.89. The van der Waals surface area contributed by atoms with Crippen molar-refractivity contribution < 1.29 is 9.28 Å². The molecule has 0 saturated carbocycles. The van der Waals surface area contributed by atoms with Crippen molar-refractivity contribution >= 4 is 5.78 Å². The minimum absolute atomic E-state index is 0.215. The van der Waals surface area contributed by atoms with Crippen LogP contribution in [0.15, 0.2) is 0 Å². The zero-order chi connectivity index (χ0) is 24.1. The summed E-state index contributed by atoms with van der Waals surface area (Å²) in [5.74, 6) is 0.473. The van der Waals surface area contributed by atoms with Crippen LogP contribution in [0, 0.1) is 5.41 Å². The molecule has 192 valence electrons. The van der Waals surface area contributed by atoms with E-state index in [0.29, 0.717) is 5.78 Å². The molecule has 0 aromatic carbocycles. The molecule has 0 amide bonds. The van der Waals surface area contributed by atoms with Crippen LogP contribution in [0.4, 0.5) is 0 Å². The van der Waals surface area contributed by atoms with Gasteiger partial charge >= 0.3 is 0 Å². The lowest BCUT2D eigenvalue weighted by molar-refractivity contribution is -0.921. The highest BCUT2D eigenvalue weighted by atomic mass is 16.1. The molecule has 0 atom stereocenters. The van der Waals surface area contributed by atoms with Gasteiger partial charge in [-0.3, -0.25) is 4.79 Å². The molecule has 0 heterocycles. The third-order valence-corrected chi connectivity index (χ3v) is 7.27. The van der Waals surface area contributed by atoms with Gasteiger partial charge in [0.05, 0.1) is 19.6 Å². The first-order chi connectivity index (χ1) is 15.3. The largest absolute Gasteiger partial charge is 0.317 e. The van der Waals surface area contributed by atoms with E-state index in [1.165, 1.54) is 135 Å². The van der Waals surface area contributed by atoms with E-state index in [1.807, 2.05) is 0 Å². The van der Waals surface area contributed by atoms with Gasteiger partial charge in [-0.1, -0.05) is 119 Å². The van der Waals surface area contributed by atoms with Crippen LogP contribution in [-0.4, -0.2) is 36.4 Å². The Balaban J connectivity index is 5.02. The first kappa shape index (κ1) is 31.6. The Morgan fingerprint density at radius 3 is 1.06 bits per heavy atom. The molecule has 0 unspecified atom stereocenters. The van der Waals surface area contributed by atoms with Crippen molar-refractivity contribution in [1.29, 1.82) is 0 Å². The van der Waals surface area contributed by atoms with Crippen molar-refractivity contribution in [3.05, 3.63) is 0 Å². The van der Waals surface area contributed by atoms with Gasteiger partial charge in [-0.05, 0) is 38.5 Å². The van der Waals surface area contributed by atoms with Crippen molar-refractivity contribution in [3.63, 3.8) is 0 Å². The van der Waals surface area contributed by atoms with Crippen molar-refractivity contribution in [3.8, 4) is 0 Å². The standard InChI is InChI=1S/C30H62NO/c1-7-10-13-16-19-22-25-31(28-29(32)30(4,5)6,26-23-20-17-14-11-8-2)27-24-21-18-15-12-9-3/h7-28H2,1-6H3/q+1. The maximum Gasteiger partial charge on any atom is 0.192 e. The second-order valence-corrected chi connectivity index (χ2v) is 11.6. The summed E-state index contributed by atoms with van der Waals surface area (Å²) < 4.78 is 1.07. The van der Waals surface area contributed by atoms with Crippen molar-refractivity contribution in [1.82, 2.24) is 0 Å². The fraction of sp³-hybridized carbons (Fsp3) is 0.967. The molecule has 0 aliphatic heterocycles. The second-order valence-electron chi connectivity index (χ2n) is 11.6. The topological polar surface area (TPSA) is 17.1 Å². The molecule has 0 aliphatic carbocycles. The normalized spacial score (nSPS) is 12.4. The summed E-state index contributed by atoms with van der Waals surface area (Å²) in [6.45, 7) is 17.7. The predicted octanol–water partition coefficient (Wildman–Crippen LogP) is 9.50. The van der Waals surface area contributed by atoms with Crippen LogP contribution < -0.4 is 0 Å². The third-order valence-electron chi connectivity index (χ3n) is 7.27. The molecule has 0 aliphatic rings. The van der Waals surface area contributed by atoms with Crippen molar-refractivity contribution in [2.45, 2.75) is 157 Å². The maximum absolute atomic E-state index is 13.2. The third kappa shape index (κ3) is 17.2. The summed E-state index contributed by atoms with van der Waals surface area (Å²) in [7, 11) is 0. The van der Waals surface area contributed by atoms with Gasteiger partial charge in [-0.15, -0.1) is 0 Å². The molecule has 2 nitrogen and oxygen atoms in total. The Bertz CT molecular complexity index is 382. The Morgan fingerprint density at radius 2 is 0.781 bits per heavy atom. The molecule has 0 aromatic heterocycles. The van der Waals surface area contributed by atoms with Gasteiger partial charge in [-0.25, -0.2) is 0 Å². The monoisotopic (exact) mass is 452 g/mol. The van der Waals surface area contributed by atoms with Gasteiger partial charge in [0.15, 0.2) is 5.78 Å². The highest BCUT2D eigenvalue weighted by molar-refractivity contribution is 5.84. The average Bonchev–Trinajstić information content (AvgIpc) is 2.75. The van der Waals surface area contributed by atoms with E-state index in [9.17, 15) is 4.79 Å². The number of carbonyl (C=O) groups excluding carboxylic acids is 1. The van der Waals surface area contributed by atoms with E-state index in [2.05, 4.69) is 41.5 Å². The number of nitrogens with zero attached hydrogens (tertiary/aromatic N) is 1. The zero-order valence-electron chi connectivity index (χ0n) is 23.4. The van der Waals surface area contributed by atoms with Gasteiger partial charge in [0.25, 0.3) is 0 Å². The van der Waals surface area contributed by atoms with E-state index in [4.69, 9.17) is 0 Å². The summed E-state index contributed by atoms with van der Waals surface area (Å²) in [5, 5.41) is 0. The lowest BCUT2D eigenvalue weighted by Crippen LogP contribution is -2.54. The SMILES string of the molecule is CCCCCCCC[N+](CCCCCCCC)(CCCCCCCC)CC(=O)C(C)(C)C. The second kappa shape index (κ2) is 20.0. The number of hydrogen-bond donors (Lipinski definition) is 0. The first-order valence-electron chi connectivity index (χ1n) is 14.7. The van der Waals surface area contributed by atoms with Crippen LogP contribution in [0.2, 0.25) is 0 Å². The van der Waals surface area contributed by atoms with Gasteiger partial charge in [0.2, 0.25) is 0 Å². The van der Waals surface area contributed by atoms with Crippen LogP contribution in [0.25, 0.3) is 0 Å². The Hall–Kier alpha value is -0.370. The van der Waals surface area contributed by atoms with Crippen LogP contribution in [0.3, 0.4) is 0 Å². The molecule has 0 spiro atoms. The lowest BCUT2D eigenvalue weighted by Gasteiger charge is -2.40. The van der Waals surface area contributed by atoms with E-state index in [0.717, 1.165) is 11.0 Å². The number of ketones is 1. The smallest absolute Gasteiger partial charge is 0.192 e. The molecular weight excluding hydrogens is 390 g/mol. The molecule has 0 rings (SSSR count). The fourth-order valence-corrected chi connectivity index (χ4v) is 4.80. The van der Waals surface area contributed by atoms with Gasteiger partial charge in [-0.2, -0.15) is 0 Å². The number of hydrogen-bond acceptors (Lipinski definition) is 1. The highest BCUT2D eigenvalue weighted by Crippen LogP contribution is 2.23. The van der Waals surface area contributed by atoms with Gasteiger partial charge < -0.3 is 4.48 Å². The maximum atomic E-state index is 13.2. The molecule has 0 bridgehead atoms. The van der Waals surface area contributed by atoms with Crippen LogP contribution in [0.5, 0.6) is 0 Å². The summed E-state index contributed by atoms with van der Waals surface area (Å²) >= 11 is 0. The van der Waals surface area contributed by atoms with Crippen LogP contribution >= 0.6 is 0 Å². The fourth-order valence-electron chi connectivity index (χ4n) is 4.80. The van der Waals surface area contributed by atoms with E-state index in [-0.39, 0.29) is 5.41 Å². The highest BCUT2D eigenvalue weighted by Gasteiger charge is 2.34. The van der Waals surface area contributed by atoms with Crippen LogP contribution in [0.1, 0.15) is 157 Å². The Kier molecular flexibility index (Phi) is 19.8. The quantitative estimate of drug-likeness (QED) is 0.111. The number of quaternary nitrogens is 1. The molecule has 0 N–H and O–H groups in total. The van der Waals surface area contributed by atoms with Gasteiger partial charge in [0.1, 0.15) is 6.54 Å². The van der Waals surface area contributed by atoms with E-state index in [1.54, 1.807) is 0 Å². The zero-order valence-corrected chi connectivity index (χ0v) is 23.4. The average molecular weight is 453 g/mol. The van der Waals surface area contributed by atoms with Gasteiger partial charge in [0, 0.05) is 5.41 Å². The molecule has 0 aromatic rings. The first-order valence-corrected chi connectivity index (χ1v) is 14.7. The molecule has 0 fully saturated rings. The minimum atomic E-state index is -0.215. The van der Waals surface area contributed by atoms with Crippen molar-refractivity contribution in [2.24, 2.45) is 5.41 Å². The predicted molar refractivity (Wildman–Crippen MR) is 144 cm³/mol. The molecule has 32 heavy (non-hydrogen) atoms. The van der Waals surface area contributed by atoms with E-state index >= 15 is 0 Å². The number of unbranched alkanes of at least 4 members (excludes halogenated alkanes) is 15. The van der Waals surface area contributed by atoms with E-state index < -0.39 is 0 Å². The minimum Gasteiger partial charge on any atom is -0.317 e.